The number of nitrogens with two attached hydrogens (primary N) is 1. The Balaban J connectivity index is 1.44. The summed E-state index contributed by atoms with van der Waals surface area (Å²) in [6.07, 6.45) is 6.82. The number of carbonyl (C=O) groups excluding carboxylic acids is 1. The number of amides is 1. The van der Waals surface area contributed by atoms with Crippen molar-refractivity contribution in [3.05, 3.63) is 28.5 Å². The van der Waals surface area contributed by atoms with Crippen LogP contribution >= 0.6 is 11.3 Å². The third kappa shape index (κ3) is 1.81. The van der Waals surface area contributed by atoms with Crippen LogP contribution in [0, 0.1) is 0 Å². The number of aromatic nitrogens is 3. The quantitative estimate of drug-likeness (QED) is 0.914. The summed E-state index contributed by atoms with van der Waals surface area (Å²) in [5, 5.41) is 5.34. The van der Waals surface area contributed by atoms with Gasteiger partial charge in [0.05, 0.1) is 23.5 Å². The molecule has 2 N–H and O–H groups in total. The summed E-state index contributed by atoms with van der Waals surface area (Å²) in [5.41, 5.74) is 7.00. The lowest BCUT2D eigenvalue weighted by molar-refractivity contribution is 0.1000. The summed E-state index contributed by atoms with van der Waals surface area (Å²) in [5.74, 6) is -0.427. The van der Waals surface area contributed by atoms with E-state index in [1.807, 2.05) is 16.0 Å². The molecular formula is C13H15N5OS. The first-order valence-corrected chi connectivity index (χ1v) is 7.60. The Morgan fingerprint density at radius 1 is 1.40 bits per heavy atom. The van der Waals surface area contributed by atoms with E-state index in [9.17, 15) is 4.79 Å². The molecule has 4 rings (SSSR count). The first-order valence-electron chi connectivity index (χ1n) is 6.78. The number of nitrogens with zero attached hydrogens (tertiary/aromatic N) is 4. The van der Waals surface area contributed by atoms with Gasteiger partial charge in [-0.3, -0.25) is 9.48 Å². The number of thiazole rings is 1. The minimum Gasteiger partial charge on any atom is -0.366 e. The number of rotatable bonds is 3. The monoisotopic (exact) mass is 289 g/mol. The van der Waals surface area contributed by atoms with E-state index in [1.165, 1.54) is 29.6 Å². The van der Waals surface area contributed by atoms with Gasteiger partial charge in [-0.2, -0.15) is 5.10 Å². The number of hydrogen-bond acceptors (Lipinski definition) is 5. The zero-order valence-corrected chi connectivity index (χ0v) is 11.8. The second-order valence-electron chi connectivity index (χ2n) is 5.35. The Hall–Kier alpha value is -1.89. The molecule has 0 unspecified atom stereocenters. The van der Waals surface area contributed by atoms with Gasteiger partial charge < -0.3 is 10.6 Å². The Morgan fingerprint density at radius 3 is 2.95 bits per heavy atom. The molecule has 0 atom stereocenters. The molecule has 0 bridgehead atoms. The molecular weight excluding hydrogens is 274 g/mol. The van der Waals surface area contributed by atoms with Crippen LogP contribution in [0.2, 0.25) is 0 Å². The Morgan fingerprint density at radius 2 is 2.25 bits per heavy atom. The van der Waals surface area contributed by atoms with Crippen LogP contribution in [0.25, 0.3) is 0 Å². The predicted octanol–water partition coefficient (Wildman–Crippen LogP) is 0.988. The summed E-state index contributed by atoms with van der Waals surface area (Å²) in [6, 6.07) is 0.307. The molecule has 0 aromatic carbocycles. The summed E-state index contributed by atoms with van der Waals surface area (Å²) in [7, 11) is 0. The van der Waals surface area contributed by atoms with Crippen molar-refractivity contribution in [2.75, 3.05) is 18.0 Å². The molecule has 0 radical (unpaired) electrons. The second-order valence-corrected chi connectivity index (χ2v) is 6.41. The molecule has 1 saturated heterocycles. The maximum Gasteiger partial charge on any atom is 0.251 e. The van der Waals surface area contributed by atoms with Gasteiger partial charge in [0.25, 0.3) is 5.91 Å². The molecule has 6 nitrogen and oxygen atoms in total. The van der Waals surface area contributed by atoms with Crippen molar-refractivity contribution in [1.29, 1.82) is 0 Å². The highest BCUT2D eigenvalue weighted by Crippen LogP contribution is 2.36. The Bertz CT molecular complexity index is 649. The highest BCUT2D eigenvalue weighted by molar-refractivity contribution is 7.15. The molecule has 1 aliphatic heterocycles. The zero-order valence-electron chi connectivity index (χ0n) is 11.0. The number of hydrogen-bond donors (Lipinski definition) is 1. The highest BCUT2D eigenvalue weighted by Gasteiger charge is 2.32. The minimum absolute atomic E-state index is 0.307. The van der Waals surface area contributed by atoms with Crippen LogP contribution in [-0.2, 0) is 12.8 Å². The van der Waals surface area contributed by atoms with E-state index >= 15 is 0 Å². The summed E-state index contributed by atoms with van der Waals surface area (Å²) < 4.78 is 1.83. The van der Waals surface area contributed by atoms with Crippen LogP contribution in [0.3, 0.4) is 0 Å². The molecule has 2 aromatic heterocycles. The zero-order chi connectivity index (χ0) is 13.7. The maximum atomic E-state index is 11.1. The summed E-state index contributed by atoms with van der Waals surface area (Å²) >= 11 is 1.82. The molecule has 3 heterocycles. The van der Waals surface area contributed by atoms with Crippen molar-refractivity contribution < 1.29 is 4.79 Å². The third-order valence-corrected chi connectivity index (χ3v) is 5.20. The SMILES string of the molecule is NC(=O)c1cnn(C2CN(c3nc4c(s3)CCC4)C2)c1. The predicted molar refractivity (Wildman–Crippen MR) is 76.1 cm³/mol. The van der Waals surface area contributed by atoms with E-state index in [0.717, 1.165) is 24.6 Å². The first kappa shape index (κ1) is 11.9. The van der Waals surface area contributed by atoms with Gasteiger partial charge in [-0.25, -0.2) is 4.98 Å². The van der Waals surface area contributed by atoms with Gasteiger partial charge >= 0.3 is 0 Å². The van der Waals surface area contributed by atoms with E-state index in [0.29, 0.717) is 11.6 Å². The van der Waals surface area contributed by atoms with E-state index in [-0.39, 0.29) is 0 Å². The van der Waals surface area contributed by atoms with E-state index in [2.05, 4.69) is 10.00 Å². The summed E-state index contributed by atoms with van der Waals surface area (Å²) in [4.78, 5) is 19.5. The van der Waals surface area contributed by atoms with Gasteiger partial charge in [-0.1, -0.05) is 0 Å². The molecule has 104 valence electrons. The third-order valence-electron chi connectivity index (χ3n) is 3.98. The van der Waals surface area contributed by atoms with Gasteiger partial charge in [0.15, 0.2) is 5.13 Å². The van der Waals surface area contributed by atoms with Gasteiger partial charge in [0, 0.05) is 24.2 Å². The van der Waals surface area contributed by atoms with Gasteiger partial charge in [-0.15, -0.1) is 11.3 Å². The summed E-state index contributed by atoms with van der Waals surface area (Å²) in [6.45, 7) is 1.79. The van der Waals surface area contributed by atoms with Crippen LogP contribution in [0.15, 0.2) is 12.4 Å². The number of fused-ring (bicyclic) bond motifs is 1. The van der Waals surface area contributed by atoms with Crippen LogP contribution in [0.1, 0.15) is 33.4 Å². The lowest BCUT2D eigenvalue weighted by atomic mass is 10.1. The van der Waals surface area contributed by atoms with Gasteiger partial charge in [0.1, 0.15) is 0 Å². The van der Waals surface area contributed by atoms with Crippen molar-refractivity contribution in [1.82, 2.24) is 14.8 Å². The fraction of sp³-hybridized carbons (Fsp3) is 0.462. The first-order chi connectivity index (χ1) is 9.70. The number of primary amides is 1. The van der Waals surface area contributed by atoms with Crippen LogP contribution in [0.4, 0.5) is 5.13 Å². The Labute approximate surface area is 120 Å². The lowest BCUT2D eigenvalue weighted by Crippen LogP contribution is -2.48. The molecule has 1 aliphatic carbocycles. The van der Waals surface area contributed by atoms with E-state index in [4.69, 9.17) is 10.7 Å². The molecule has 1 fully saturated rings. The Kier molecular flexibility index (Phi) is 2.56. The standard InChI is InChI=1S/C13H15N5OS/c14-12(19)8-4-15-18(5-8)9-6-17(7-9)13-16-10-2-1-3-11(10)20-13/h4-5,9H,1-3,6-7H2,(H2,14,19). The van der Waals surface area contributed by atoms with E-state index < -0.39 is 5.91 Å². The molecule has 1 amide bonds. The molecule has 7 heteroatoms. The fourth-order valence-electron chi connectivity index (χ4n) is 2.76. The van der Waals surface area contributed by atoms with Gasteiger partial charge in [0.2, 0.25) is 0 Å². The topological polar surface area (TPSA) is 77.0 Å². The van der Waals surface area contributed by atoms with Crippen molar-refractivity contribution in [3.8, 4) is 0 Å². The van der Waals surface area contributed by atoms with Crippen molar-refractivity contribution in [2.24, 2.45) is 5.73 Å². The lowest BCUT2D eigenvalue weighted by Gasteiger charge is -2.39. The van der Waals surface area contributed by atoms with Crippen molar-refractivity contribution >= 4 is 22.4 Å². The van der Waals surface area contributed by atoms with Crippen molar-refractivity contribution in [2.45, 2.75) is 25.3 Å². The van der Waals surface area contributed by atoms with E-state index in [1.54, 1.807) is 6.20 Å². The minimum atomic E-state index is -0.427. The normalized spacial score (nSPS) is 18.1. The molecule has 0 saturated carbocycles. The molecule has 0 spiro atoms. The highest BCUT2D eigenvalue weighted by atomic mass is 32.1. The molecule has 20 heavy (non-hydrogen) atoms. The average Bonchev–Trinajstić information content (AvgIpc) is 2.99. The smallest absolute Gasteiger partial charge is 0.251 e. The largest absolute Gasteiger partial charge is 0.366 e. The molecule has 2 aromatic rings. The van der Waals surface area contributed by atoms with Crippen LogP contribution < -0.4 is 10.6 Å². The van der Waals surface area contributed by atoms with Crippen molar-refractivity contribution in [3.63, 3.8) is 0 Å². The number of aryl methyl sites for hydroxylation is 2. The number of carbonyl (C=O) groups is 1. The number of anilines is 1. The maximum absolute atomic E-state index is 11.1. The average molecular weight is 289 g/mol. The van der Waals surface area contributed by atoms with Crippen LogP contribution in [0.5, 0.6) is 0 Å². The van der Waals surface area contributed by atoms with Crippen LogP contribution in [-0.4, -0.2) is 33.8 Å². The molecule has 2 aliphatic rings. The van der Waals surface area contributed by atoms with Gasteiger partial charge in [-0.05, 0) is 19.3 Å². The second kappa shape index (κ2) is 4.31. The fourth-order valence-corrected chi connectivity index (χ4v) is 3.92.